The van der Waals surface area contributed by atoms with Gasteiger partial charge in [-0.2, -0.15) is 0 Å². The van der Waals surface area contributed by atoms with Gasteiger partial charge in [0.15, 0.2) is 0 Å². The molecule has 0 bridgehead atoms. The highest BCUT2D eigenvalue weighted by atomic mass is 79.9. The van der Waals surface area contributed by atoms with E-state index in [2.05, 4.69) is 15.9 Å². The van der Waals surface area contributed by atoms with E-state index in [1.807, 2.05) is 30.3 Å². The van der Waals surface area contributed by atoms with Crippen LogP contribution in [0.25, 0.3) is 10.8 Å². The van der Waals surface area contributed by atoms with Gasteiger partial charge in [-0.3, -0.25) is 0 Å². The first-order chi connectivity index (χ1) is 8.77. The molecular weight excluding hydrogens is 295 g/mol. The molecule has 0 saturated carbocycles. The maximum Gasteiger partial charge on any atom is 0.131 e. The van der Waals surface area contributed by atoms with Gasteiger partial charge in [0, 0.05) is 5.39 Å². The first-order valence-electron chi connectivity index (χ1n) is 5.62. The summed E-state index contributed by atoms with van der Waals surface area (Å²) >= 11 is 3.60. The fraction of sp³-hybridized carbons (Fsp3) is 0.0667. The molecule has 1 aromatic heterocycles. The molecule has 18 heavy (non-hydrogen) atoms. The Kier molecular flexibility index (Phi) is 2.92. The van der Waals surface area contributed by atoms with Crippen molar-refractivity contribution < 1.29 is 8.81 Å². The fourth-order valence-electron chi connectivity index (χ4n) is 2.10. The second-order valence-electron chi connectivity index (χ2n) is 4.06. The van der Waals surface area contributed by atoms with Crippen LogP contribution in [-0.4, -0.2) is 0 Å². The Bertz CT molecular complexity index is 676. The molecule has 3 rings (SSSR count). The van der Waals surface area contributed by atoms with Crippen molar-refractivity contribution >= 4 is 26.7 Å². The summed E-state index contributed by atoms with van der Waals surface area (Å²) in [6, 6.07) is 14.5. The van der Waals surface area contributed by atoms with Crippen molar-refractivity contribution in [3.8, 4) is 0 Å². The lowest BCUT2D eigenvalue weighted by Gasteiger charge is -2.11. The van der Waals surface area contributed by atoms with Crippen LogP contribution >= 0.6 is 15.9 Å². The Morgan fingerprint density at radius 2 is 1.72 bits per heavy atom. The summed E-state index contributed by atoms with van der Waals surface area (Å²) in [6.07, 6.45) is 1.63. The Hall–Kier alpha value is -1.61. The predicted octanol–water partition coefficient (Wildman–Crippen LogP) is 5.06. The molecule has 3 heteroatoms. The summed E-state index contributed by atoms with van der Waals surface area (Å²) in [5.41, 5.74) is 1.00. The van der Waals surface area contributed by atoms with Gasteiger partial charge in [0.25, 0.3) is 0 Å². The summed E-state index contributed by atoms with van der Waals surface area (Å²) in [5, 5.41) is 1.53. The molecule has 0 aliphatic heterocycles. The standard InChI is InChI=1S/C15H10BrFO/c16-15(14-6-3-9-18-14)12-7-8-13(17)11-5-2-1-4-10(11)12/h1-9,15H. The molecule has 0 aliphatic carbocycles. The summed E-state index contributed by atoms with van der Waals surface area (Å²) in [6.45, 7) is 0. The summed E-state index contributed by atoms with van der Waals surface area (Å²) in [5.74, 6) is 0.611. The third-order valence-electron chi connectivity index (χ3n) is 2.97. The molecule has 0 amide bonds. The van der Waals surface area contributed by atoms with Gasteiger partial charge in [0.1, 0.15) is 11.6 Å². The van der Waals surface area contributed by atoms with Gasteiger partial charge in [-0.25, -0.2) is 4.39 Å². The van der Waals surface area contributed by atoms with Crippen LogP contribution in [0.4, 0.5) is 4.39 Å². The lowest BCUT2D eigenvalue weighted by molar-refractivity contribution is 0.520. The molecule has 0 N–H and O–H groups in total. The molecule has 1 atom stereocenters. The first-order valence-corrected chi connectivity index (χ1v) is 6.53. The van der Waals surface area contributed by atoms with Crippen molar-refractivity contribution in [3.63, 3.8) is 0 Å². The summed E-state index contributed by atoms with van der Waals surface area (Å²) < 4.78 is 19.1. The molecule has 0 radical (unpaired) electrons. The molecular formula is C15H10BrFO. The molecule has 0 spiro atoms. The second-order valence-corrected chi connectivity index (χ2v) is 4.98. The zero-order valence-corrected chi connectivity index (χ0v) is 11.0. The quantitative estimate of drug-likeness (QED) is 0.603. The molecule has 0 aliphatic rings. The van der Waals surface area contributed by atoms with Crippen molar-refractivity contribution in [3.05, 3.63) is 71.9 Å². The Balaban J connectivity index is 2.21. The van der Waals surface area contributed by atoms with Gasteiger partial charge in [-0.05, 0) is 29.1 Å². The van der Waals surface area contributed by atoms with Crippen LogP contribution in [0.1, 0.15) is 16.2 Å². The minimum Gasteiger partial charge on any atom is -0.468 e. The van der Waals surface area contributed by atoms with Gasteiger partial charge in [-0.1, -0.05) is 46.3 Å². The van der Waals surface area contributed by atoms with Gasteiger partial charge < -0.3 is 4.42 Å². The number of rotatable bonds is 2. The van der Waals surface area contributed by atoms with Crippen molar-refractivity contribution in [2.75, 3.05) is 0 Å². The van der Waals surface area contributed by atoms with Crippen LogP contribution < -0.4 is 0 Å². The number of benzene rings is 2. The van der Waals surface area contributed by atoms with Crippen LogP contribution in [0.2, 0.25) is 0 Å². The van der Waals surface area contributed by atoms with E-state index in [4.69, 9.17) is 4.42 Å². The highest BCUT2D eigenvalue weighted by molar-refractivity contribution is 9.09. The third kappa shape index (κ3) is 1.85. The largest absolute Gasteiger partial charge is 0.468 e. The van der Waals surface area contributed by atoms with E-state index in [0.29, 0.717) is 5.39 Å². The number of hydrogen-bond acceptors (Lipinski definition) is 1. The van der Waals surface area contributed by atoms with Crippen molar-refractivity contribution in [1.29, 1.82) is 0 Å². The van der Waals surface area contributed by atoms with Crippen LogP contribution in [0.15, 0.2) is 59.2 Å². The normalized spacial score (nSPS) is 12.8. The number of fused-ring (bicyclic) bond motifs is 1. The molecule has 0 saturated heterocycles. The average molecular weight is 305 g/mol. The Morgan fingerprint density at radius 1 is 0.944 bits per heavy atom. The monoisotopic (exact) mass is 304 g/mol. The van der Waals surface area contributed by atoms with Crippen molar-refractivity contribution in [2.24, 2.45) is 0 Å². The summed E-state index contributed by atoms with van der Waals surface area (Å²) in [7, 11) is 0. The van der Waals surface area contributed by atoms with Gasteiger partial charge >= 0.3 is 0 Å². The van der Waals surface area contributed by atoms with E-state index < -0.39 is 0 Å². The topological polar surface area (TPSA) is 13.1 Å². The maximum atomic E-state index is 13.7. The van der Waals surface area contributed by atoms with E-state index in [1.54, 1.807) is 18.4 Å². The molecule has 0 fully saturated rings. The minimum atomic E-state index is -0.200. The van der Waals surface area contributed by atoms with Gasteiger partial charge in [-0.15, -0.1) is 0 Å². The number of halogens is 2. The molecule has 90 valence electrons. The highest BCUT2D eigenvalue weighted by Gasteiger charge is 2.16. The fourth-order valence-corrected chi connectivity index (χ4v) is 2.76. The molecule has 1 heterocycles. The van der Waals surface area contributed by atoms with Gasteiger partial charge in [0.05, 0.1) is 11.1 Å². The lowest BCUT2D eigenvalue weighted by Crippen LogP contribution is -1.93. The molecule has 1 unspecified atom stereocenters. The van der Waals surface area contributed by atoms with Crippen LogP contribution in [0.5, 0.6) is 0 Å². The smallest absolute Gasteiger partial charge is 0.131 e. The van der Waals surface area contributed by atoms with Crippen LogP contribution in [0.3, 0.4) is 0 Å². The Labute approximate surface area is 112 Å². The van der Waals surface area contributed by atoms with Crippen molar-refractivity contribution in [1.82, 2.24) is 0 Å². The third-order valence-corrected chi connectivity index (χ3v) is 3.92. The average Bonchev–Trinajstić information content (AvgIpc) is 2.93. The highest BCUT2D eigenvalue weighted by Crippen LogP contribution is 2.36. The van der Waals surface area contributed by atoms with Crippen molar-refractivity contribution in [2.45, 2.75) is 4.83 Å². The zero-order chi connectivity index (χ0) is 12.5. The predicted molar refractivity (Wildman–Crippen MR) is 73.4 cm³/mol. The van der Waals surface area contributed by atoms with Crippen LogP contribution in [0, 0.1) is 5.82 Å². The maximum absolute atomic E-state index is 13.7. The molecule has 1 nitrogen and oxygen atoms in total. The lowest BCUT2D eigenvalue weighted by atomic mass is 10.0. The van der Waals surface area contributed by atoms with Gasteiger partial charge in [0.2, 0.25) is 0 Å². The first kappa shape index (κ1) is 11.5. The summed E-state index contributed by atoms with van der Waals surface area (Å²) in [4.78, 5) is -0.0713. The SMILES string of the molecule is Fc1ccc(C(Br)c2ccco2)c2ccccc12. The molecule has 3 aromatic rings. The van der Waals surface area contributed by atoms with E-state index in [-0.39, 0.29) is 10.6 Å². The van der Waals surface area contributed by atoms with E-state index in [0.717, 1.165) is 16.7 Å². The van der Waals surface area contributed by atoms with E-state index >= 15 is 0 Å². The minimum absolute atomic E-state index is 0.0713. The second kappa shape index (κ2) is 4.58. The zero-order valence-electron chi connectivity index (χ0n) is 9.44. The van der Waals surface area contributed by atoms with Crippen LogP contribution in [-0.2, 0) is 0 Å². The molecule has 2 aromatic carbocycles. The number of alkyl halides is 1. The van der Waals surface area contributed by atoms with E-state index in [9.17, 15) is 4.39 Å². The van der Waals surface area contributed by atoms with E-state index in [1.165, 1.54) is 6.07 Å². The number of hydrogen-bond donors (Lipinski definition) is 0. The number of furan rings is 1. The Morgan fingerprint density at radius 3 is 2.44 bits per heavy atom.